The zero-order valence-corrected chi connectivity index (χ0v) is 29.2. The van der Waals surface area contributed by atoms with E-state index in [1.165, 1.54) is 116 Å². The Morgan fingerprint density at radius 3 is 0.952 bits per heavy atom. The molecule has 5 nitrogen and oxygen atoms in total. The van der Waals surface area contributed by atoms with Crippen LogP contribution in [0, 0.1) is 0 Å². The molecule has 0 aliphatic rings. The molecule has 0 aliphatic carbocycles. The van der Waals surface area contributed by atoms with Crippen molar-refractivity contribution in [1.82, 2.24) is 0 Å². The molecule has 0 aliphatic heterocycles. The first-order chi connectivity index (χ1) is 20.5. The minimum Gasteiger partial charge on any atom is -0.241 e. The number of unbranched alkanes of at least 4 members (excludes halogenated alkanes) is 22. The Hall–Kier alpha value is -0.900. The molecule has 0 saturated carbocycles. The molecular weight excluding hydrogens is 590 g/mol. The quantitative estimate of drug-likeness (QED) is 0.0439. The van der Waals surface area contributed by atoms with Crippen LogP contribution in [-0.4, -0.2) is 11.9 Å². The molecule has 0 aromatic rings. The van der Waals surface area contributed by atoms with Gasteiger partial charge in [-0.1, -0.05) is 178 Å². The largest absolute Gasteiger partial charge is 0.812 e. The second-order valence-corrected chi connectivity index (χ2v) is 12.8. The highest BCUT2D eigenvalue weighted by molar-refractivity contribution is 7.34. The number of halogens is 2. The number of carbonyl (C=O) groups is 2. The van der Waals surface area contributed by atoms with Crippen LogP contribution in [0.25, 0.3) is 0 Å². The lowest BCUT2D eigenvalue weighted by atomic mass is 10.0. The lowest BCUT2D eigenvalue weighted by Gasteiger charge is -2.04. The summed E-state index contributed by atoms with van der Waals surface area (Å²) in [7, 11) is -2.96. The number of hydrogen-bond acceptors (Lipinski definition) is 5. The zero-order valence-electron chi connectivity index (χ0n) is 26.8. The summed E-state index contributed by atoms with van der Waals surface area (Å²) in [6, 6.07) is 0. The van der Waals surface area contributed by atoms with Crippen LogP contribution >= 0.6 is 31.5 Å². The van der Waals surface area contributed by atoms with E-state index in [0.29, 0.717) is 12.8 Å². The Kier molecular flexibility index (Phi) is 30.8. The van der Waals surface area contributed by atoms with Crippen LogP contribution in [0.2, 0.25) is 0 Å². The van der Waals surface area contributed by atoms with Gasteiger partial charge >= 0.3 is 20.2 Å². The summed E-state index contributed by atoms with van der Waals surface area (Å²) >= 11 is 11.6. The molecule has 244 valence electrons. The lowest BCUT2D eigenvalue weighted by molar-refractivity contribution is -0.133. The zero-order chi connectivity index (χ0) is 31.1. The summed E-state index contributed by atoms with van der Waals surface area (Å²) in [5.74, 6) is -1.64. The van der Waals surface area contributed by atoms with Gasteiger partial charge in [-0.05, 0) is 25.7 Å². The first-order valence-electron chi connectivity index (χ1n) is 17.0. The van der Waals surface area contributed by atoms with Crippen molar-refractivity contribution in [2.24, 2.45) is 0 Å². The van der Waals surface area contributed by atoms with E-state index in [-0.39, 0.29) is 11.1 Å². The number of carbonyl (C=O) groups excluding carboxylic acids is 2. The molecule has 0 saturated heterocycles. The van der Waals surface area contributed by atoms with Gasteiger partial charge in [0.1, 0.15) is 0 Å². The summed E-state index contributed by atoms with van der Waals surface area (Å²) < 4.78 is 21.9. The van der Waals surface area contributed by atoms with E-state index >= 15 is 0 Å². The van der Waals surface area contributed by atoms with E-state index in [4.69, 9.17) is 32.2 Å². The predicted octanol–water partition coefficient (Wildman–Crippen LogP) is 13.2. The van der Waals surface area contributed by atoms with Crippen LogP contribution < -0.4 is 0 Å². The van der Waals surface area contributed by atoms with E-state index < -0.39 is 20.2 Å². The van der Waals surface area contributed by atoms with Crippen molar-refractivity contribution in [3.63, 3.8) is 0 Å². The van der Waals surface area contributed by atoms with Gasteiger partial charge in [-0.3, -0.25) is 0 Å². The maximum atomic E-state index is 12.3. The summed E-state index contributed by atoms with van der Waals surface area (Å²) in [5, 5.41) is 0. The molecule has 0 aromatic carbocycles. The highest BCUT2D eigenvalue weighted by atomic mass is 35.5. The maximum absolute atomic E-state index is 12.3. The molecule has 0 atom stereocenters. The molecule has 0 N–H and O–H groups in total. The Morgan fingerprint density at radius 1 is 0.476 bits per heavy atom. The molecular formula is C34H60Cl2O5P+. The van der Waals surface area contributed by atoms with Crippen molar-refractivity contribution in [3.05, 3.63) is 22.2 Å². The Bertz CT molecular complexity index is 694. The highest BCUT2D eigenvalue weighted by Crippen LogP contribution is 2.29. The number of rotatable bonds is 30. The standard InChI is InChI=1S/C34H60Cl2O5P/c1-3-5-7-9-11-13-15-17-19-21-23-25-27-31(29-35)33(37)40-42(39)41-34(38)32(30-36)28-26-24-22-20-18-16-14-12-10-8-6-4-2/h29-30H,3-28H2,1-2H3/q+1. The van der Waals surface area contributed by atoms with Crippen molar-refractivity contribution in [3.8, 4) is 0 Å². The topological polar surface area (TPSA) is 69.7 Å². The Morgan fingerprint density at radius 2 is 0.714 bits per heavy atom. The van der Waals surface area contributed by atoms with Gasteiger partial charge < -0.3 is 0 Å². The van der Waals surface area contributed by atoms with E-state index in [1.807, 2.05) is 0 Å². The van der Waals surface area contributed by atoms with Crippen LogP contribution in [-0.2, 0) is 23.2 Å². The van der Waals surface area contributed by atoms with Crippen LogP contribution in [0.1, 0.15) is 181 Å². The second kappa shape index (κ2) is 31.5. The predicted molar refractivity (Wildman–Crippen MR) is 179 cm³/mol. The summed E-state index contributed by atoms with van der Waals surface area (Å²) in [6.07, 6.45) is 30.1. The van der Waals surface area contributed by atoms with Gasteiger partial charge in [-0.25, -0.2) is 9.59 Å². The van der Waals surface area contributed by atoms with Crippen LogP contribution in [0.15, 0.2) is 22.2 Å². The SMILES string of the molecule is CCCCCCCCCCCCCCC(=CCl)C(=O)O[P+](=O)OC(=O)C(=CCl)CCCCCCCCCCCCCC. The first kappa shape index (κ1) is 41.1. The summed E-state index contributed by atoms with van der Waals surface area (Å²) in [6.45, 7) is 4.48. The van der Waals surface area contributed by atoms with Gasteiger partial charge in [0, 0.05) is 15.6 Å². The number of hydrogen-bond donors (Lipinski definition) is 0. The minimum absolute atomic E-state index is 0.229. The Balaban J connectivity index is 3.97. The van der Waals surface area contributed by atoms with Crippen molar-refractivity contribution < 1.29 is 23.2 Å². The molecule has 0 aromatic heterocycles. The molecule has 0 spiro atoms. The average Bonchev–Trinajstić information content (AvgIpc) is 2.97. The molecule has 0 heterocycles. The molecule has 0 unspecified atom stereocenters. The third-order valence-electron chi connectivity index (χ3n) is 7.70. The molecule has 0 bridgehead atoms. The Labute approximate surface area is 268 Å². The smallest absolute Gasteiger partial charge is 0.241 e. The third kappa shape index (κ3) is 25.6. The van der Waals surface area contributed by atoms with Gasteiger partial charge in [0.15, 0.2) is 0 Å². The van der Waals surface area contributed by atoms with Crippen LogP contribution in [0.3, 0.4) is 0 Å². The van der Waals surface area contributed by atoms with Crippen LogP contribution in [0.4, 0.5) is 0 Å². The van der Waals surface area contributed by atoms with E-state index in [1.54, 1.807) is 0 Å². The molecule has 0 rings (SSSR count). The molecule has 8 heteroatoms. The fourth-order valence-corrected chi connectivity index (χ4v) is 5.93. The summed E-state index contributed by atoms with van der Waals surface area (Å²) in [4.78, 5) is 24.7. The van der Waals surface area contributed by atoms with E-state index in [2.05, 4.69) is 13.8 Å². The van der Waals surface area contributed by atoms with Gasteiger partial charge in [-0.2, -0.15) is 9.05 Å². The molecule has 0 amide bonds. The monoisotopic (exact) mass is 649 g/mol. The van der Waals surface area contributed by atoms with E-state index in [0.717, 1.165) is 49.6 Å². The van der Waals surface area contributed by atoms with Gasteiger partial charge in [-0.15, -0.1) is 0 Å². The van der Waals surface area contributed by atoms with E-state index in [9.17, 15) is 14.2 Å². The van der Waals surface area contributed by atoms with Crippen molar-refractivity contribution >= 4 is 43.4 Å². The minimum atomic E-state index is -2.96. The van der Waals surface area contributed by atoms with Crippen molar-refractivity contribution in [1.29, 1.82) is 0 Å². The molecule has 0 fully saturated rings. The third-order valence-corrected chi connectivity index (χ3v) is 8.86. The second-order valence-electron chi connectivity index (χ2n) is 11.5. The lowest BCUT2D eigenvalue weighted by Crippen LogP contribution is -2.08. The fourth-order valence-electron chi connectivity index (χ4n) is 4.99. The highest BCUT2D eigenvalue weighted by Gasteiger charge is 2.33. The summed E-state index contributed by atoms with van der Waals surface area (Å²) in [5.41, 5.74) is 2.77. The molecule has 0 radical (unpaired) electrons. The molecule has 42 heavy (non-hydrogen) atoms. The van der Waals surface area contributed by atoms with Crippen LogP contribution in [0.5, 0.6) is 0 Å². The maximum Gasteiger partial charge on any atom is 0.812 e. The van der Waals surface area contributed by atoms with Gasteiger partial charge in [0.25, 0.3) is 0 Å². The first-order valence-corrected chi connectivity index (χ1v) is 19.0. The van der Waals surface area contributed by atoms with Gasteiger partial charge in [0.05, 0.1) is 11.1 Å². The average molecular weight is 651 g/mol. The van der Waals surface area contributed by atoms with Gasteiger partial charge in [0.2, 0.25) is 0 Å². The van der Waals surface area contributed by atoms with Crippen molar-refractivity contribution in [2.45, 2.75) is 181 Å². The fraction of sp³-hybridized carbons (Fsp3) is 0.824. The van der Waals surface area contributed by atoms with Crippen molar-refractivity contribution in [2.75, 3.05) is 0 Å². The normalized spacial score (nSPS) is 12.4.